The summed E-state index contributed by atoms with van der Waals surface area (Å²) in [5.41, 5.74) is 2.13. The number of non-ortho nitro benzene ring substituents is 1. The molecule has 1 N–H and O–H groups in total. The number of carbonyl (C=O) groups excluding carboxylic acids is 1. The van der Waals surface area contributed by atoms with Gasteiger partial charge in [-0.25, -0.2) is 4.79 Å². The summed E-state index contributed by atoms with van der Waals surface area (Å²) in [6.45, 7) is 1.83. The van der Waals surface area contributed by atoms with Crippen molar-refractivity contribution in [3.05, 3.63) is 63.7 Å². The number of nitro groups is 1. The van der Waals surface area contributed by atoms with Crippen LogP contribution in [0.1, 0.15) is 11.1 Å². The van der Waals surface area contributed by atoms with Crippen molar-refractivity contribution in [3.8, 4) is 5.75 Å². The molecule has 0 saturated carbocycles. The van der Waals surface area contributed by atoms with E-state index >= 15 is 0 Å². The van der Waals surface area contributed by atoms with Gasteiger partial charge in [0.1, 0.15) is 12.4 Å². The van der Waals surface area contributed by atoms with Gasteiger partial charge in [-0.05, 0) is 42.3 Å². The van der Waals surface area contributed by atoms with Gasteiger partial charge < -0.3 is 9.47 Å². The Balaban J connectivity index is 1.92. The lowest BCUT2D eigenvalue weighted by Gasteiger charge is -2.13. The molecule has 0 atom stereocenters. The lowest BCUT2D eigenvalue weighted by atomic mass is 10.1. The number of rotatable bonds is 5. The van der Waals surface area contributed by atoms with Crippen LogP contribution >= 0.6 is 0 Å². The number of hydrogen-bond acceptors (Lipinski definition) is 7. The molecular weight excluding hydrogens is 316 g/mol. The van der Waals surface area contributed by atoms with Gasteiger partial charge in [-0.2, -0.15) is 0 Å². The third-order valence-corrected chi connectivity index (χ3v) is 3.29. The molecule has 0 aromatic heterocycles. The van der Waals surface area contributed by atoms with Gasteiger partial charge in [-0.3, -0.25) is 20.4 Å². The Labute approximate surface area is 137 Å². The fourth-order valence-corrected chi connectivity index (χ4v) is 1.94. The molecule has 0 heterocycles. The first-order valence-corrected chi connectivity index (χ1v) is 6.98. The summed E-state index contributed by atoms with van der Waals surface area (Å²) in [6.07, 6.45) is -0.911. The van der Waals surface area contributed by atoms with Gasteiger partial charge >= 0.3 is 6.16 Å². The van der Waals surface area contributed by atoms with Gasteiger partial charge in [-0.1, -0.05) is 6.07 Å². The lowest BCUT2D eigenvalue weighted by Crippen LogP contribution is -2.12. The van der Waals surface area contributed by atoms with Gasteiger partial charge in [0.2, 0.25) is 0 Å². The molecule has 0 spiro atoms. The minimum absolute atomic E-state index is 0.00701. The number of nitrogens with zero attached hydrogens (tertiary/aromatic N) is 2. The van der Waals surface area contributed by atoms with Gasteiger partial charge in [-0.15, -0.1) is 0 Å². The van der Waals surface area contributed by atoms with E-state index in [0.29, 0.717) is 5.69 Å². The van der Waals surface area contributed by atoms with E-state index < -0.39 is 11.1 Å². The number of ether oxygens (including phenoxy) is 2. The number of hydrogen-bond donors (Lipinski definition) is 1. The van der Waals surface area contributed by atoms with Crippen molar-refractivity contribution in [1.82, 2.24) is 0 Å². The molecule has 2 aromatic carbocycles. The summed E-state index contributed by atoms with van der Waals surface area (Å²) in [4.78, 5) is 21.7. The Kier molecular flexibility index (Phi) is 5.33. The van der Waals surface area contributed by atoms with Crippen LogP contribution in [0.4, 0.5) is 16.2 Å². The molecule has 0 aliphatic heterocycles. The molecule has 0 aliphatic rings. The van der Waals surface area contributed by atoms with Crippen LogP contribution < -0.4 is 9.80 Å². The van der Waals surface area contributed by atoms with Crippen LogP contribution in [0.5, 0.6) is 5.75 Å². The maximum atomic E-state index is 11.7. The summed E-state index contributed by atoms with van der Waals surface area (Å²) in [5.74, 6) is 0.152. The number of aryl methyl sites for hydroxylation is 1. The first kappa shape index (κ1) is 17.2. The standard InChI is InChI=1S/C16H16N2O6/c1-11-9-14(17(2)20)4-3-12(11)10-23-16(19)24-15-7-5-13(6-8-15)18(21)22/h3-9,20H,10H2,1-2H3. The highest BCUT2D eigenvalue weighted by Gasteiger charge is 2.10. The van der Waals surface area contributed by atoms with Crippen LogP contribution in [0.2, 0.25) is 0 Å². The fraction of sp³-hybridized carbons (Fsp3) is 0.188. The van der Waals surface area contributed by atoms with E-state index in [0.717, 1.165) is 16.2 Å². The van der Waals surface area contributed by atoms with Crippen LogP contribution in [0.25, 0.3) is 0 Å². The highest BCUT2D eigenvalue weighted by atomic mass is 16.7. The van der Waals surface area contributed by atoms with Crippen molar-refractivity contribution in [1.29, 1.82) is 0 Å². The van der Waals surface area contributed by atoms with Crippen LogP contribution in [-0.4, -0.2) is 23.3 Å². The molecule has 2 aromatic rings. The van der Waals surface area contributed by atoms with Crippen LogP contribution in [-0.2, 0) is 11.3 Å². The van der Waals surface area contributed by atoms with Crippen molar-refractivity contribution in [2.75, 3.05) is 12.1 Å². The number of carbonyl (C=O) groups is 1. The molecule has 2 rings (SSSR count). The highest BCUT2D eigenvalue weighted by Crippen LogP contribution is 2.20. The smallest absolute Gasteiger partial charge is 0.429 e. The SMILES string of the molecule is Cc1cc(N(C)O)ccc1COC(=O)Oc1ccc([N+](=O)[O-])cc1. The maximum absolute atomic E-state index is 11.7. The van der Waals surface area contributed by atoms with Crippen molar-refractivity contribution in [2.45, 2.75) is 13.5 Å². The van der Waals surface area contributed by atoms with Crippen molar-refractivity contribution in [2.24, 2.45) is 0 Å². The molecule has 0 saturated heterocycles. The van der Waals surface area contributed by atoms with Crippen molar-refractivity contribution >= 4 is 17.5 Å². The van der Waals surface area contributed by atoms with Gasteiger partial charge in [0.15, 0.2) is 0 Å². The third-order valence-electron chi connectivity index (χ3n) is 3.29. The first-order valence-electron chi connectivity index (χ1n) is 6.98. The second kappa shape index (κ2) is 7.42. The Hall–Kier alpha value is -3.13. The second-order valence-corrected chi connectivity index (χ2v) is 5.03. The molecular formula is C16H16N2O6. The van der Waals surface area contributed by atoms with Crippen LogP contribution in [0.3, 0.4) is 0 Å². The van der Waals surface area contributed by atoms with E-state index in [4.69, 9.17) is 9.47 Å². The molecule has 24 heavy (non-hydrogen) atoms. The first-order chi connectivity index (χ1) is 11.4. The molecule has 0 fully saturated rings. The Morgan fingerprint density at radius 2 is 1.92 bits per heavy atom. The summed E-state index contributed by atoms with van der Waals surface area (Å²) in [6, 6.07) is 10.3. The topological polar surface area (TPSA) is 102 Å². The highest BCUT2D eigenvalue weighted by molar-refractivity contribution is 5.64. The maximum Gasteiger partial charge on any atom is 0.514 e. The summed E-state index contributed by atoms with van der Waals surface area (Å²) < 4.78 is 9.96. The monoisotopic (exact) mass is 332 g/mol. The largest absolute Gasteiger partial charge is 0.514 e. The van der Waals surface area contributed by atoms with Gasteiger partial charge in [0, 0.05) is 19.2 Å². The zero-order valence-corrected chi connectivity index (χ0v) is 13.1. The molecule has 0 unspecified atom stereocenters. The number of hydroxylamine groups is 1. The molecule has 126 valence electrons. The minimum atomic E-state index is -0.911. The van der Waals surface area contributed by atoms with E-state index in [1.165, 1.54) is 31.3 Å². The predicted molar refractivity (Wildman–Crippen MR) is 85.3 cm³/mol. The lowest BCUT2D eigenvalue weighted by molar-refractivity contribution is -0.384. The van der Waals surface area contributed by atoms with E-state index in [2.05, 4.69) is 0 Å². The molecule has 0 amide bonds. The zero-order valence-electron chi connectivity index (χ0n) is 13.1. The van der Waals surface area contributed by atoms with Crippen LogP contribution in [0, 0.1) is 17.0 Å². The van der Waals surface area contributed by atoms with E-state index in [9.17, 15) is 20.1 Å². The number of benzene rings is 2. The minimum Gasteiger partial charge on any atom is -0.429 e. The van der Waals surface area contributed by atoms with Crippen molar-refractivity contribution in [3.63, 3.8) is 0 Å². The molecule has 0 radical (unpaired) electrons. The zero-order chi connectivity index (χ0) is 17.7. The van der Waals surface area contributed by atoms with E-state index in [-0.39, 0.29) is 18.0 Å². The fourth-order valence-electron chi connectivity index (χ4n) is 1.94. The average molecular weight is 332 g/mol. The quantitative estimate of drug-likeness (QED) is 0.387. The van der Waals surface area contributed by atoms with E-state index in [1.54, 1.807) is 18.2 Å². The summed E-state index contributed by atoms with van der Waals surface area (Å²) in [5, 5.41) is 20.9. The van der Waals surface area contributed by atoms with Crippen LogP contribution in [0.15, 0.2) is 42.5 Å². The normalized spacial score (nSPS) is 10.1. The predicted octanol–water partition coefficient (Wildman–Crippen LogP) is 3.44. The Morgan fingerprint density at radius 1 is 1.25 bits per heavy atom. The molecule has 8 heteroatoms. The number of anilines is 1. The summed E-state index contributed by atoms with van der Waals surface area (Å²) in [7, 11) is 1.51. The Bertz CT molecular complexity index is 743. The summed E-state index contributed by atoms with van der Waals surface area (Å²) >= 11 is 0. The molecule has 0 aliphatic carbocycles. The van der Waals surface area contributed by atoms with Gasteiger partial charge in [0.25, 0.3) is 5.69 Å². The molecule has 8 nitrogen and oxygen atoms in total. The molecule has 0 bridgehead atoms. The van der Waals surface area contributed by atoms with E-state index in [1.807, 2.05) is 6.92 Å². The van der Waals surface area contributed by atoms with Crippen molar-refractivity contribution < 1.29 is 24.4 Å². The second-order valence-electron chi connectivity index (χ2n) is 5.03. The average Bonchev–Trinajstić information content (AvgIpc) is 2.54. The third kappa shape index (κ3) is 4.43. The Morgan fingerprint density at radius 3 is 2.46 bits per heavy atom. The number of nitro benzene ring substituents is 1. The van der Waals surface area contributed by atoms with Gasteiger partial charge in [0.05, 0.1) is 10.6 Å².